The van der Waals surface area contributed by atoms with Gasteiger partial charge in [0.05, 0.1) is 13.0 Å². The summed E-state index contributed by atoms with van der Waals surface area (Å²) in [6, 6.07) is 12.3. The Morgan fingerprint density at radius 3 is 2.62 bits per heavy atom. The number of amides is 2. The van der Waals surface area contributed by atoms with E-state index in [1.807, 2.05) is 6.07 Å². The van der Waals surface area contributed by atoms with Gasteiger partial charge in [0, 0.05) is 21.8 Å². The van der Waals surface area contributed by atoms with Crippen molar-refractivity contribution >= 4 is 29.1 Å². The number of nitrogen functional groups attached to an aromatic ring is 1. The quantitative estimate of drug-likeness (QED) is 0.685. The van der Waals surface area contributed by atoms with E-state index in [0.717, 1.165) is 5.56 Å². The van der Waals surface area contributed by atoms with Gasteiger partial charge in [-0.25, -0.2) is 0 Å². The molecule has 0 aliphatic carbocycles. The summed E-state index contributed by atoms with van der Waals surface area (Å²) in [5.41, 5.74) is 8.28. The molecular weight excluding hydrogens is 288 g/mol. The number of carbonyl (C=O) groups excluding carboxylic acids is 2. The van der Waals surface area contributed by atoms with Gasteiger partial charge in [0.1, 0.15) is 0 Å². The van der Waals surface area contributed by atoms with E-state index >= 15 is 0 Å². The highest BCUT2D eigenvalue weighted by atomic mass is 35.5. The number of rotatable bonds is 2. The second kappa shape index (κ2) is 5.22. The highest BCUT2D eigenvalue weighted by Crippen LogP contribution is 2.27. The minimum absolute atomic E-state index is 0.0947. The van der Waals surface area contributed by atoms with Crippen LogP contribution in [0.3, 0.4) is 0 Å². The first-order valence-electron chi connectivity index (χ1n) is 6.53. The Kier molecular flexibility index (Phi) is 3.39. The van der Waals surface area contributed by atoms with Gasteiger partial charge in [-0.05, 0) is 23.8 Å². The van der Waals surface area contributed by atoms with Crippen molar-refractivity contribution in [2.24, 2.45) is 0 Å². The number of benzene rings is 2. The molecule has 3 rings (SSSR count). The first-order chi connectivity index (χ1) is 10.1. The number of nitrogens with zero attached hydrogens (tertiary/aromatic N) is 1. The van der Waals surface area contributed by atoms with E-state index in [1.165, 1.54) is 4.90 Å². The molecule has 21 heavy (non-hydrogen) atoms. The SMILES string of the molecule is Nc1cccc(Cl)c1CN1C(=O)Cc2ccccc2C1=O. The topological polar surface area (TPSA) is 63.4 Å². The Hall–Kier alpha value is -2.33. The average Bonchev–Trinajstić information content (AvgIpc) is 2.46. The van der Waals surface area contributed by atoms with Crippen LogP contribution >= 0.6 is 11.6 Å². The van der Waals surface area contributed by atoms with E-state index in [-0.39, 0.29) is 24.8 Å². The lowest BCUT2D eigenvalue weighted by Crippen LogP contribution is -2.41. The smallest absolute Gasteiger partial charge is 0.261 e. The van der Waals surface area contributed by atoms with E-state index in [4.69, 9.17) is 17.3 Å². The lowest BCUT2D eigenvalue weighted by molar-refractivity contribution is -0.128. The van der Waals surface area contributed by atoms with E-state index < -0.39 is 0 Å². The number of carbonyl (C=O) groups is 2. The van der Waals surface area contributed by atoms with Crippen LogP contribution in [0.2, 0.25) is 5.02 Å². The molecular formula is C16H13ClN2O2. The van der Waals surface area contributed by atoms with Crippen LogP contribution in [0.25, 0.3) is 0 Å². The molecule has 4 nitrogen and oxygen atoms in total. The molecule has 1 aliphatic rings. The summed E-state index contributed by atoms with van der Waals surface area (Å²) < 4.78 is 0. The molecule has 106 valence electrons. The number of fused-ring (bicyclic) bond motifs is 1. The van der Waals surface area contributed by atoms with Crippen molar-refractivity contribution in [2.45, 2.75) is 13.0 Å². The normalized spacial score (nSPS) is 14.2. The lowest BCUT2D eigenvalue weighted by Gasteiger charge is -2.27. The number of anilines is 1. The molecule has 2 aromatic carbocycles. The average molecular weight is 301 g/mol. The van der Waals surface area contributed by atoms with Crippen molar-refractivity contribution in [1.82, 2.24) is 4.90 Å². The summed E-state index contributed by atoms with van der Waals surface area (Å²) in [6.07, 6.45) is 0.215. The van der Waals surface area contributed by atoms with Gasteiger partial charge in [-0.1, -0.05) is 35.9 Å². The summed E-state index contributed by atoms with van der Waals surface area (Å²) in [7, 11) is 0. The molecule has 2 N–H and O–H groups in total. The molecule has 2 aromatic rings. The van der Waals surface area contributed by atoms with E-state index in [1.54, 1.807) is 36.4 Å². The molecule has 0 unspecified atom stereocenters. The third-order valence-electron chi connectivity index (χ3n) is 3.61. The molecule has 0 fully saturated rings. The maximum absolute atomic E-state index is 12.5. The van der Waals surface area contributed by atoms with Crippen LogP contribution in [0.1, 0.15) is 21.5 Å². The van der Waals surface area contributed by atoms with Gasteiger partial charge in [-0.15, -0.1) is 0 Å². The Bertz CT molecular complexity index is 723. The van der Waals surface area contributed by atoms with E-state index in [2.05, 4.69) is 0 Å². The van der Waals surface area contributed by atoms with Crippen molar-refractivity contribution in [1.29, 1.82) is 0 Å². The van der Waals surface area contributed by atoms with Crippen LogP contribution in [0.15, 0.2) is 42.5 Å². The van der Waals surface area contributed by atoms with Crippen LogP contribution in [0.5, 0.6) is 0 Å². The molecule has 1 aliphatic heterocycles. The summed E-state index contributed by atoms with van der Waals surface area (Å²) in [6.45, 7) is 0.0947. The van der Waals surface area contributed by atoms with Gasteiger partial charge in [-0.3, -0.25) is 14.5 Å². The minimum atomic E-state index is -0.304. The van der Waals surface area contributed by atoms with Gasteiger partial charge in [0.25, 0.3) is 5.91 Å². The summed E-state index contributed by atoms with van der Waals surface area (Å²) in [4.78, 5) is 25.9. The van der Waals surface area contributed by atoms with Crippen LogP contribution in [0, 0.1) is 0 Å². The molecule has 0 saturated carbocycles. The fraction of sp³-hybridized carbons (Fsp3) is 0.125. The van der Waals surface area contributed by atoms with Gasteiger partial charge >= 0.3 is 0 Å². The predicted octanol–water partition coefficient (Wildman–Crippen LogP) is 2.65. The fourth-order valence-corrected chi connectivity index (χ4v) is 2.70. The van der Waals surface area contributed by atoms with Crippen molar-refractivity contribution in [3.05, 3.63) is 64.2 Å². The minimum Gasteiger partial charge on any atom is -0.398 e. The Morgan fingerprint density at radius 2 is 1.86 bits per heavy atom. The third-order valence-corrected chi connectivity index (χ3v) is 3.96. The number of halogens is 1. The molecule has 2 amide bonds. The first-order valence-corrected chi connectivity index (χ1v) is 6.91. The maximum atomic E-state index is 12.5. The molecule has 0 aromatic heterocycles. The summed E-state index contributed by atoms with van der Waals surface area (Å²) in [5.74, 6) is -0.542. The van der Waals surface area contributed by atoms with Crippen LogP contribution in [-0.4, -0.2) is 16.7 Å². The number of hydrogen-bond acceptors (Lipinski definition) is 3. The van der Waals surface area contributed by atoms with Crippen molar-refractivity contribution < 1.29 is 9.59 Å². The van der Waals surface area contributed by atoms with E-state index in [0.29, 0.717) is 21.8 Å². The van der Waals surface area contributed by atoms with Gasteiger partial charge in [0.15, 0.2) is 0 Å². The number of hydrogen-bond donors (Lipinski definition) is 1. The highest BCUT2D eigenvalue weighted by Gasteiger charge is 2.31. The van der Waals surface area contributed by atoms with Crippen LogP contribution in [-0.2, 0) is 17.8 Å². The van der Waals surface area contributed by atoms with Gasteiger partial charge in [0.2, 0.25) is 5.91 Å². The second-order valence-electron chi connectivity index (χ2n) is 4.93. The van der Waals surface area contributed by atoms with Crippen LogP contribution < -0.4 is 5.73 Å². The van der Waals surface area contributed by atoms with Crippen molar-refractivity contribution in [3.63, 3.8) is 0 Å². The number of nitrogens with two attached hydrogens (primary N) is 1. The largest absolute Gasteiger partial charge is 0.398 e. The first kappa shape index (κ1) is 13.6. The molecule has 0 bridgehead atoms. The second-order valence-corrected chi connectivity index (χ2v) is 5.33. The molecule has 0 atom stereocenters. The fourth-order valence-electron chi connectivity index (χ4n) is 2.46. The van der Waals surface area contributed by atoms with Crippen molar-refractivity contribution in [3.8, 4) is 0 Å². The number of imide groups is 1. The zero-order chi connectivity index (χ0) is 15.0. The molecule has 5 heteroatoms. The van der Waals surface area contributed by atoms with Gasteiger partial charge in [-0.2, -0.15) is 0 Å². The molecule has 0 saturated heterocycles. The Morgan fingerprint density at radius 1 is 1.10 bits per heavy atom. The molecule has 1 heterocycles. The standard InChI is InChI=1S/C16H13ClN2O2/c17-13-6-3-7-14(18)12(13)9-19-15(20)8-10-4-1-2-5-11(10)16(19)21/h1-7H,8-9,18H2. The maximum Gasteiger partial charge on any atom is 0.261 e. The Balaban J connectivity index is 1.97. The van der Waals surface area contributed by atoms with Gasteiger partial charge < -0.3 is 5.73 Å². The van der Waals surface area contributed by atoms with Crippen molar-refractivity contribution in [2.75, 3.05) is 5.73 Å². The van der Waals surface area contributed by atoms with Crippen LogP contribution in [0.4, 0.5) is 5.69 Å². The summed E-state index contributed by atoms with van der Waals surface area (Å²) in [5, 5.41) is 0.453. The predicted molar refractivity (Wildman–Crippen MR) is 80.9 cm³/mol. The zero-order valence-corrected chi connectivity index (χ0v) is 11.9. The van der Waals surface area contributed by atoms with E-state index in [9.17, 15) is 9.59 Å². The molecule has 0 radical (unpaired) electrons. The Labute approximate surface area is 127 Å². The third kappa shape index (κ3) is 2.38. The zero-order valence-electron chi connectivity index (χ0n) is 11.2. The highest BCUT2D eigenvalue weighted by molar-refractivity contribution is 6.31. The summed E-state index contributed by atoms with van der Waals surface area (Å²) >= 11 is 6.12. The molecule has 0 spiro atoms. The monoisotopic (exact) mass is 300 g/mol. The lowest BCUT2D eigenvalue weighted by atomic mass is 9.98.